The van der Waals surface area contributed by atoms with Gasteiger partial charge in [0.2, 0.25) is 0 Å². The average molecular weight is 312 g/mol. The largest absolute Gasteiger partial charge is 0.197 e. The molecule has 0 unspecified atom stereocenters. The molecule has 0 atom stereocenters. The molecular formula is C17H14BrN. The lowest BCUT2D eigenvalue weighted by atomic mass is 9.76. The van der Waals surface area contributed by atoms with E-state index < -0.39 is 5.41 Å². The molecule has 2 aromatic carbocycles. The lowest BCUT2D eigenvalue weighted by Crippen LogP contribution is -2.23. The summed E-state index contributed by atoms with van der Waals surface area (Å²) < 4.78 is 0. The van der Waals surface area contributed by atoms with E-state index in [0.29, 0.717) is 0 Å². The van der Waals surface area contributed by atoms with Crippen LogP contribution in [0.15, 0.2) is 48.5 Å². The van der Waals surface area contributed by atoms with Gasteiger partial charge in [0.05, 0.1) is 6.07 Å². The van der Waals surface area contributed by atoms with Gasteiger partial charge in [-0.25, -0.2) is 0 Å². The Balaban J connectivity index is 2.27. The maximum absolute atomic E-state index is 9.87. The number of hydrogen-bond acceptors (Lipinski definition) is 1. The highest BCUT2D eigenvalue weighted by Crippen LogP contribution is 2.50. The molecule has 0 bridgehead atoms. The molecular weight excluding hydrogens is 298 g/mol. The van der Waals surface area contributed by atoms with Crippen LogP contribution in [0.25, 0.3) is 11.1 Å². The van der Waals surface area contributed by atoms with E-state index in [1.54, 1.807) is 0 Å². The maximum Gasteiger partial charge on any atom is 0.108 e. The summed E-state index contributed by atoms with van der Waals surface area (Å²) in [7, 11) is 0. The Morgan fingerprint density at radius 1 is 0.947 bits per heavy atom. The molecule has 0 spiro atoms. The van der Waals surface area contributed by atoms with Crippen molar-refractivity contribution in [3.63, 3.8) is 0 Å². The van der Waals surface area contributed by atoms with Gasteiger partial charge in [0.1, 0.15) is 5.41 Å². The maximum atomic E-state index is 9.87. The Morgan fingerprint density at radius 2 is 1.47 bits per heavy atom. The third kappa shape index (κ3) is 1.73. The van der Waals surface area contributed by atoms with E-state index in [1.165, 1.54) is 22.3 Å². The monoisotopic (exact) mass is 311 g/mol. The molecule has 1 nitrogen and oxygen atoms in total. The molecule has 19 heavy (non-hydrogen) atoms. The SMILES string of the molecule is N#CC1(CCCBr)c2ccccc2-c2ccccc21. The highest BCUT2D eigenvalue weighted by Gasteiger charge is 2.42. The number of alkyl halides is 1. The molecule has 0 saturated carbocycles. The van der Waals surface area contributed by atoms with Gasteiger partial charge in [0.15, 0.2) is 0 Å². The molecule has 0 radical (unpaired) electrons. The molecule has 0 aliphatic heterocycles. The fourth-order valence-corrected chi connectivity index (χ4v) is 3.38. The molecule has 1 aliphatic carbocycles. The van der Waals surface area contributed by atoms with Gasteiger partial charge in [-0.3, -0.25) is 0 Å². The van der Waals surface area contributed by atoms with Gasteiger partial charge in [-0.15, -0.1) is 0 Å². The highest BCUT2D eigenvalue weighted by molar-refractivity contribution is 9.09. The zero-order valence-electron chi connectivity index (χ0n) is 10.6. The van der Waals surface area contributed by atoms with Crippen LogP contribution in [0.5, 0.6) is 0 Å². The zero-order valence-corrected chi connectivity index (χ0v) is 12.2. The van der Waals surface area contributed by atoms with Gasteiger partial charge in [0, 0.05) is 5.33 Å². The molecule has 3 rings (SSSR count). The molecule has 0 amide bonds. The molecule has 0 N–H and O–H groups in total. The predicted molar refractivity (Wildman–Crippen MR) is 81.3 cm³/mol. The number of hydrogen-bond donors (Lipinski definition) is 0. The molecule has 0 saturated heterocycles. The quantitative estimate of drug-likeness (QED) is 0.757. The van der Waals surface area contributed by atoms with Gasteiger partial charge in [0.25, 0.3) is 0 Å². The second-order valence-corrected chi connectivity index (χ2v) is 5.69. The van der Waals surface area contributed by atoms with E-state index in [4.69, 9.17) is 0 Å². The van der Waals surface area contributed by atoms with Crippen molar-refractivity contribution in [1.29, 1.82) is 5.26 Å². The highest BCUT2D eigenvalue weighted by atomic mass is 79.9. The second kappa shape index (κ2) is 4.83. The summed E-state index contributed by atoms with van der Waals surface area (Å²) in [6.07, 6.45) is 1.86. The first-order valence-corrected chi connectivity index (χ1v) is 7.62. The summed E-state index contributed by atoms with van der Waals surface area (Å²) in [5.41, 5.74) is 4.30. The van der Waals surface area contributed by atoms with Crippen molar-refractivity contribution in [2.24, 2.45) is 0 Å². The minimum atomic E-state index is -0.471. The third-order valence-electron chi connectivity index (χ3n) is 3.94. The van der Waals surface area contributed by atoms with Crippen LogP contribution in [-0.2, 0) is 5.41 Å². The first kappa shape index (κ1) is 12.4. The van der Waals surface area contributed by atoms with Crippen LogP contribution in [0.3, 0.4) is 0 Å². The molecule has 2 heteroatoms. The van der Waals surface area contributed by atoms with Crippen molar-refractivity contribution in [3.05, 3.63) is 59.7 Å². The van der Waals surface area contributed by atoms with Crippen molar-refractivity contribution >= 4 is 15.9 Å². The van der Waals surface area contributed by atoms with Crippen LogP contribution in [-0.4, -0.2) is 5.33 Å². The zero-order chi connectivity index (χ0) is 13.3. The van der Waals surface area contributed by atoms with Gasteiger partial charge in [-0.05, 0) is 35.1 Å². The Hall–Kier alpha value is -1.59. The number of benzene rings is 2. The molecule has 94 valence electrons. The Morgan fingerprint density at radius 3 is 1.95 bits per heavy atom. The number of rotatable bonds is 3. The smallest absolute Gasteiger partial charge is 0.108 e. The molecule has 0 aromatic heterocycles. The van der Waals surface area contributed by atoms with Crippen molar-refractivity contribution in [2.75, 3.05) is 5.33 Å². The van der Waals surface area contributed by atoms with Gasteiger partial charge >= 0.3 is 0 Å². The Kier molecular flexibility index (Phi) is 3.16. The van der Waals surface area contributed by atoms with E-state index >= 15 is 0 Å². The summed E-state index contributed by atoms with van der Waals surface area (Å²) in [5.74, 6) is 0. The van der Waals surface area contributed by atoms with E-state index in [0.717, 1.165) is 18.2 Å². The molecule has 2 aromatic rings. The molecule has 0 heterocycles. The normalized spacial score (nSPS) is 14.5. The number of fused-ring (bicyclic) bond motifs is 3. The van der Waals surface area contributed by atoms with Crippen LogP contribution in [0, 0.1) is 11.3 Å². The van der Waals surface area contributed by atoms with Gasteiger partial charge < -0.3 is 0 Å². The standard InChI is InChI=1S/C17H14BrN/c18-11-5-10-17(12-19)15-8-3-1-6-13(15)14-7-2-4-9-16(14)17/h1-4,6-9H,5,10-11H2. The van der Waals surface area contributed by atoms with E-state index in [2.05, 4.69) is 46.3 Å². The van der Waals surface area contributed by atoms with Crippen LogP contribution >= 0.6 is 15.9 Å². The Bertz CT molecular complexity index is 609. The second-order valence-electron chi connectivity index (χ2n) is 4.90. The number of halogens is 1. The van der Waals surface area contributed by atoms with Crippen LogP contribution in [0.1, 0.15) is 24.0 Å². The fraction of sp³-hybridized carbons (Fsp3) is 0.235. The topological polar surface area (TPSA) is 23.8 Å². The third-order valence-corrected chi connectivity index (χ3v) is 4.50. The van der Waals surface area contributed by atoms with E-state index in [1.807, 2.05) is 24.3 Å². The summed E-state index contributed by atoms with van der Waals surface area (Å²) >= 11 is 3.48. The number of nitriles is 1. The number of nitrogens with zero attached hydrogens (tertiary/aromatic N) is 1. The van der Waals surface area contributed by atoms with Crippen molar-refractivity contribution in [1.82, 2.24) is 0 Å². The lowest BCUT2D eigenvalue weighted by Gasteiger charge is -2.23. The van der Waals surface area contributed by atoms with Crippen molar-refractivity contribution in [2.45, 2.75) is 18.3 Å². The first-order valence-electron chi connectivity index (χ1n) is 6.50. The summed E-state index contributed by atoms with van der Waals surface area (Å²) in [4.78, 5) is 0. The first-order chi connectivity index (χ1) is 9.33. The van der Waals surface area contributed by atoms with E-state index in [-0.39, 0.29) is 0 Å². The summed E-state index contributed by atoms with van der Waals surface area (Å²) in [5, 5.41) is 10.8. The van der Waals surface area contributed by atoms with Crippen LogP contribution in [0.4, 0.5) is 0 Å². The van der Waals surface area contributed by atoms with Crippen molar-refractivity contribution < 1.29 is 0 Å². The predicted octanol–water partition coefficient (Wildman–Crippen LogP) is 4.65. The Labute approximate surface area is 122 Å². The van der Waals surface area contributed by atoms with Crippen molar-refractivity contribution in [3.8, 4) is 17.2 Å². The lowest BCUT2D eigenvalue weighted by molar-refractivity contribution is 0.599. The molecule has 1 aliphatic rings. The molecule has 0 fully saturated rings. The van der Waals surface area contributed by atoms with Crippen LogP contribution in [0.2, 0.25) is 0 Å². The van der Waals surface area contributed by atoms with Gasteiger partial charge in [-0.2, -0.15) is 5.26 Å². The fourth-order valence-electron chi connectivity index (χ4n) is 3.10. The summed E-state index contributed by atoms with van der Waals surface area (Å²) in [6.45, 7) is 0. The van der Waals surface area contributed by atoms with Crippen LogP contribution < -0.4 is 0 Å². The summed E-state index contributed by atoms with van der Waals surface area (Å²) in [6, 6.07) is 19.2. The van der Waals surface area contributed by atoms with Gasteiger partial charge in [-0.1, -0.05) is 64.5 Å². The minimum absolute atomic E-state index is 0.471. The average Bonchev–Trinajstić information content (AvgIpc) is 2.77. The van der Waals surface area contributed by atoms with E-state index in [9.17, 15) is 5.26 Å². The minimum Gasteiger partial charge on any atom is -0.197 e.